The lowest BCUT2D eigenvalue weighted by Gasteiger charge is -2.11. The highest BCUT2D eigenvalue weighted by molar-refractivity contribution is 7.25. The topological polar surface area (TPSA) is 32.6 Å². The molecular formula is C61H37N5S. The molecule has 0 bridgehead atoms. The van der Waals surface area contributed by atoms with E-state index in [2.05, 4.69) is 243 Å². The van der Waals surface area contributed by atoms with Crippen molar-refractivity contribution in [3.63, 3.8) is 0 Å². The van der Waals surface area contributed by atoms with Gasteiger partial charge in [0.15, 0.2) is 0 Å². The van der Waals surface area contributed by atoms with Crippen LogP contribution < -0.4 is 0 Å². The first-order valence-electron chi connectivity index (χ1n) is 22.8. The highest BCUT2D eigenvalue weighted by Crippen LogP contribution is 2.42. The quantitative estimate of drug-likeness (QED) is 0.170. The molecule has 6 heteroatoms. The van der Waals surface area contributed by atoms with Gasteiger partial charge in [-0.15, -0.1) is 11.3 Å². The molecule has 5 aromatic heterocycles. The van der Waals surface area contributed by atoms with Gasteiger partial charge in [-0.25, -0.2) is 4.98 Å². The number of hydrogen-bond acceptors (Lipinski definition) is 2. The summed E-state index contributed by atoms with van der Waals surface area (Å²) in [7, 11) is 0. The Kier molecular flexibility index (Phi) is 7.59. The van der Waals surface area contributed by atoms with Crippen molar-refractivity contribution >= 4 is 108 Å². The maximum atomic E-state index is 5.16. The van der Waals surface area contributed by atoms with Crippen molar-refractivity contribution in [2.45, 2.75) is 0 Å². The average molecular weight is 872 g/mol. The van der Waals surface area contributed by atoms with Gasteiger partial charge in [0.2, 0.25) is 0 Å². The molecule has 0 unspecified atom stereocenters. The summed E-state index contributed by atoms with van der Waals surface area (Å²) in [5.41, 5.74) is 14.8. The van der Waals surface area contributed by atoms with Gasteiger partial charge in [0.1, 0.15) is 5.82 Å². The van der Waals surface area contributed by atoms with Crippen molar-refractivity contribution in [3.05, 3.63) is 224 Å². The monoisotopic (exact) mass is 871 g/mol. The molecule has 10 aromatic carbocycles. The maximum absolute atomic E-state index is 5.16. The molecule has 15 rings (SSSR count). The van der Waals surface area contributed by atoms with Crippen LogP contribution in [0.5, 0.6) is 0 Å². The molecular weight excluding hydrogens is 835 g/mol. The van der Waals surface area contributed by atoms with Gasteiger partial charge in [0.25, 0.3) is 0 Å². The number of rotatable bonds is 5. The molecule has 5 heterocycles. The first kappa shape index (κ1) is 36.6. The van der Waals surface area contributed by atoms with Gasteiger partial charge in [-0.3, -0.25) is 4.57 Å². The first-order valence-corrected chi connectivity index (χ1v) is 23.6. The summed E-state index contributed by atoms with van der Waals surface area (Å²) in [5, 5.41) is 9.91. The van der Waals surface area contributed by atoms with E-state index in [1.54, 1.807) is 0 Å². The van der Waals surface area contributed by atoms with Crippen LogP contribution in [0.1, 0.15) is 0 Å². The van der Waals surface area contributed by atoms with E-state index in [0.717, 1.165) is 56.2 Å². The Morgan fingerprint density at radius 3 is 1.10 bits per heavy atom. The number of fused-ring (bicyclic) bond motifs is 13. The minimum Gasteiger partial charge on any atom is -0.309 e. The highest BCUT2D eigenvalue weighted by atomic mass is 32.1. The zero-order valence-corrected chi connectivity index (χ0v) is 36.8. The minimum absolute atomic E-state index is 0.937. The molecule has 15 aromatic rings. The zero-order valence-electron chi connectivity index (χ0n) is 36.0. The van der Waals surface area contributed by atoms with Gasteiger partial charge >= 0.3 is 0 Å². The summed E-state index contributed by atoms with van der Waals surface area (Å²) in [6.07, 6.45) is 0. The van der Waals surface area contributed by atoms with E-state index in [9.17, 15) is 0 Å². The molecule has 0 fully saturated rings. The second kappa shape index (κ2) is 13.9. The molecule has 0 aliphatic carbocycles. The smallest absolute Gasteiger partial charge is 0.145 e. The number of benzene rings is 10. The predicted octanol–water partition coefficient (Wildman–Crippen LogP) is 16.4. The molecule has 67 heavy (non-hydrogen) atoms. The zero-order chi connectivity index (χ0) is 43.7. The number of thiophene rings is 1. The second-order valence-electron chi connectivity index (χ2n) is 17.6. The third-order valence-corrected chi connectivity index (χ3v) is 15.1. The summed E-state index contributed by atoms with van der Waals surface area (Å²) in [6, 6.07) is 82.0. The first-order chi connectivity index (χ1) is 33.2. The van der Waals surface area contributed by atoms with Crippen LogP contribution in [0, 0.1) is 0 Å². The number of imidazole rings is 1. The van der Waals surface area contributed by atoms with Crippen LogP contribution in [0.4, 0.5) is 0 Å². The summed E-state index contributed by atoms with van der Waals surface area (Å²) >= 11 is 1.85. The molecule has 5 nitrogen and oxygen atoms in total. The molecule has 0 spiro atoms. The van der Waals surface area contributed by atoms with Crippen molar-refractivity contribution < 1.29 is 0 Å². The molecule has 0 saturated heterocycles. The Labute approximate surface area is 387 Å². The highest BCUT2D eigenvalue weighted by Gasteiger charge is 2.21. The van der Waals surface area contributed by atoms with Crippen LogP contribution in [-0.2, 0) is 0 Å². The van der Waals surface area contributed by atoms with Crippen LogP contribution in [-0.4, -0.2) is 23.3 Å². The molecule has 0 aliphatic heterocycles. The van der Waals surface area contributed by atoms with Gasteiger partial charge in [0, 0.05) is 80.8 Å². The van der Waals surface area contributed by atoms with Crippen LogP contribution >= 0.6 is 11.3 Å². The Morgan fingerprint density at radius 2 is 0.627 bits per heavy atom. The van der Waals surface area contributed by atoms with Gasteiger partial charge in [-0.1, -0.05) is 115 Å². The molecule has 0 atom stereocenters. The Morgan fingerprint density at radius 1 is 0.269 bits per heavy atom. The predicted molar refractivity (Wildman–Crippen MR) is 282 cm³/mol. The number of aromatic nitrogens is 5. The number of hydrogen-bond donors (Lipinski definition) is 0. The maximum Gasteiger partial charge on any atom is 0.145 e. The van der Waals surface area contributed by atoms with E-state index in [-0.39, 0.29) is 0 Å². The van der Waals surface area contributed by atoms with Crippen LogP contribution in [0.25, 0.3) is 131 Å². The third kappa shape index (κ3) is 5.27. The average Bonchev–Trinajstić information content (AvgIpc) is 4.20. The molecule has 0 N–H and O–H groups in total. The SMILES string of the molecule is c1ccc(-c2nc3ccccc3n2-c2ccc3sc4ccc(-n5c6ccc(-n7c8ccccc8c8ccccc87)cc6c6cc(-n7c8ccccc8c8ccccc87)ccc65)cc4c3c2)cc1. The molecule has 0 aliphatic rings. The van der Waals surface area contributed by atoms with E-state index in [0.29, 0.717) is 0 Å². The summed E-state index contributed by atoms with van der Waals surface area (Å²) in [5.74, 6) is 0.937. The van der Waals surface area contributed by atoms with Gasteiger partial charge in [-0.05, 0) is 109 Å². The van der Waals surface area contributed by atoms with Crippen molar-refractivity contribution in [2.24, 2.45) is 0 Å². The molecule has 0 radical (unpaired) electrons. The van der Waals surface area contributed by atoms with E-state index in [1.807, 2.05) is 11.3 Å². The van der Waals surface area contributed by atoms with Crippen LogP contribution in [0.15, 0.2) is 224 Å². The number of nitrogens with zero attached hydrogens (tertiary/aromatic N) is 5. The summed E-state index contributed by atoms with van der Waals surface area (Å²) in [6.45, 7) is 0. The van der Waals surface area contributed by atoms with E-state index in [4.69, 9.17) is 4.98 Å². The molecule has 312 valence electrons. The summed E-state index contributed by atoms with van der Waals surface area (Å²) < 4.78 is 12.2. The molecule has 0 saturated carbocycles. The lowest BCUT2D eigenvalue weighted by molar-refractivity contribution is 1.11. The number of para-hydroxylation sites is 6. The normalized spacial score (nSPS) is 12.2. The Hall–Kier alpha value is -8.71. The fourth-order valence-electron chi connectivity index (χ4n) is 11.1. The van der Waals surface area contributed by atoms with Gasteiger partial charge < -0.3 is 13.7 Å². The van der Waals surface area contributed by atoms with Crippen molar-refractivity contribution in [2.75, 3.05) is 0 Å². The van der Waals surface area contributed by atoms with Crippen LogP contribution in [0.3, 0.4) is 0 Å². The van der Waals surface area contributed by atoms with Gasteiger partial charge in [0.05, 0.1) is 44.1 Å². The van der Waals surface area contributed by atoms with Gasteiger partial charge in [-0.2, -0.15) is 0 Å². The summed E-state index contributed by atoms with van der Waals surface area (Å²) in [4.78, 5) is 5.16. The Bertz CT molecular complexity index is 4240. The molecule has 0 amide bonds. The Balaban J connectivity index is 0.976. The third-order valence-electron chi connectivity index (χ3n) is 14.0. The fourth-order valence-corrected chi connectivity index (χ4v) is 12.1. The lowest BCUT2D eigenvalue weighted by Crippen LogP contribution is -1.97. The minimum atomic E-state index is 0.937. The van der Waals surface area contributed by atoms with Crippen LogP contribution in [0.2, 0.25) is 0 Å². The lowest BCUT2D eigenvalue weighted by atomic mass is 10.1. The van der Waals surface area contributed by atoms with E-state index in [1.165, 1.54) is 74.6 Å². The van der Waals surface area contributed by atoms with Crippen molar-refractivity contribution in [1.29, 1.82) is 0 Å². The van der Waals surface area contributed by atoms with Crippen molar-refractivity contribution in [1.82, 2.24) is 23.3 Å². The van der Waals surface area contributed by atoms with Crippen molar-refractivity contribution in [3.8, 4) is 34.1 Å². The largest absolute Gasteiger partial charge is 0.309 e. The van der Waals surface area contributed by atoms with E-state index >= 15 is 0 Å². The van der Waals surface area contributed by atoms with E-state index < -0.39 is 0 Å². The fraction of sp³-hybridized carbons (Fsp3) is 0. The second-order valence-corrected chi connectivity index (χ2v) is 18.7. The standard InChI is InChI=1S/C61H37N5S/c1-2-14-38(15-3-1)61-62-51-20-8-13-25-58(51)66(61)42-29-33-60-50(37-42)49-36-41(28-32-59(49)67-60)65-56-30-26-39(63-52-21-9-4-16-43(52)44-17-5-10-22-53(44)63)34-47(56)48-35-40(27-31-57(48)65)64-54-23-11-6-18-45(54)46-19-7-12-24-55(46)64/h1-37H.